The molecule has 2 aromatic rings. The van der Waals surface area contributed by atoms with Gasteiger partial charge in [0.15, 0.2) is 0 Å². The molecule has 19 heavy (non-hydrogen) atoms. The summed E-state index contributed by atoms with van der Waals surface area (Å²) in [6, 6.07) is 9.87. The van der Waals surface area contributed by atoms with Gasteiger partial charge in [-0.1, -0.05) is 23.7 Å². The number of hydrogen-bond donors (Lipinski definition) is 1. The molecule has 0 aliphatic carbocycles. The molecule has 1 nitrogen and oxygen atoms in total. The number of halogens is 3. The minimum absolute atomic E-state index is 0.287. The van der Waals surface area contributed by atoms with E-state index in [4.69, 9.17) is 11.6 Å². The summed E-state index contributed by atoms with van der Waals surface area (Å²) in [4.78, 5) is 0. The Balaban J connectivity index is 2.22. The van der Waals surface area contributed by atoms with Crippen molar-refractivity contribution in [2.75, 3.05) is 0 Å². The molecule has 100 valence electrons. The minimum atomic E-state index is -0.686. The Hall–Kier alpha value is -0.900. The van der Waals surface area contributed by atoms with Gasteiger partial charge in [0.25, 0.3) is 0 Å². The zero-order chi connectivity index (χ0) is 14.0. The molecule has 4 heteroatoms. The van der Waals surface area contributed by atoms with Crippen molar-refractivity contribution in [3.63, 3.8) is 0 Å². The third-order valence-corrected chi connectivity index (χ3v) is 4.27. The number of benzene rings is 2. The third kappa shape index (κ3) is 3.56. The molecule has 2 rings (SSSR count). The summed E-state index contributed by atoms with van der Waals surface area (Å²) >= 11 is 9.24. The van der Waals surface area contributed by atoms with Gasteiger partial charge in [0.2, 0.25) is 0 Å². The minimum Gasteiger partial charge on any atom is -0.388 e. The molecule has 0 spiro atoms. The van der Waals surface area contributed by atoms with E-state index >= 15 is 0 Å². The lowest BCUT2D eigenvalue weighted by atomic mass is 9.98. The van der Waals surface area contributed by atoms with E-state index < -0.39 is 6.10 Å². The van der Waals surface area contributed by atoms with Crippen molar-refractivity contribution < 1.29 is 9.50 Å². The van der Waals surface area contributed by atoms with Crippen LogP contribution in [0.15, 0.2) is 40.9 Å². The van der Waals surface area contributed by atoms with E-state index in [2.05, 4.69) is 15.9 Å². The Morgan fingerprint density at radius 1 is 1.26 bits per heavy atom. The van der Waals surface area contributed by atoms with Crippen LogP contribution in [0.4, 0.5) is 4.39 Å². The van der Waals surface area contributed by atoms with E-state index in [9.17, 15) is 9.50 Å². The molecule has 0 heterocycles. The predicted molar refractivity (Wildman–Crippen MR) is 79.0 cm³/mol. The fourth-order valence-electron chi connectivity index (χ4n) is 1.91. The van der Waals surface area contributed by atoms with Crippen LogP contribution >= 0.6 is 27.5 Å². The summed E-state index contributed by atoms with van der Waals surface area (Å²) in [5.74, 6) is -0.287. The number of aryl methyl sites for hydroxylation is 1. The van der Waals surface area contributed by atoms with Gasteiger partial charge < -0.3 is 5.11 Å². The molecule has 0 aliphatic heterocycles. The first-order valence-corrected chi connectivity index (χ1v) is 7.02. The van der Waals surface area contributed by atoms with Gasteiger partial charge in [-0.05, 0) is 63.8 Å². The maximum Gasteiger partial charge on any atom is 0.123 e. The van der Waals surface area contributed by atoms with E-state index in [-0.39, 0.29) is 5.82 Å². The van der Waals surface area contributed by atoms with Crippen molar-refractivity contribution in [1.82, 2.24) is 0 Å². The summed E-state index contributed by atoms with van der Waals surface area (Å²) in [6.45, 7) is 1.90. The first kappa shape index (κ1) is 14.5. The number of aliphatic hydroxyl groups excluding tert-OH is 1. The standard InChI is InChI=1S/C15H13BrClFO/c1-9-2-4-12(18)6-11(9)8-15(19)10-3-5-14(17)13(16)7-10/h2-7,15,19H,8H2,1H3. The van der Waals surface area contributed by atoms with Gasteiger partial charge in [-0.3, -0.25) is 0 Å². The van der Waals surface area contributed by atoms with Gasteiger partial charge in [0.05, 0.1) is 11.1 Å². The summed E-state index contributed by atoms with van der Waals surface area (Å²) in [5, 5.41) is 10.8. The molecule has 2 aromatic carbocycles. The average Bonchev–Trinajstić information content (AvgIpc) is 2.37. The van der Waals surface area contributed by atoms with Gasteiger partial charge >= 0.3 is 0 Å². The van der Waals surface area contributed by atoms with Crippen LogP contribution in [0, 0.1) is 12.7 Å². The molecule has 1 unspecified atom stereocenters. The highest BCUT2D eigenvalue weighted by atomic mass is 79.9. The molecular weight excluding hydrogens is 331 g/mol. The molecule has 1 N–H and O–H groups in total. The summed E-state index contributed by atoms with van der Waals surface area (Å²) in [5.41, 5.74) is 2.52. The number of rotatable bonds is 3. The van der Waals surface area contributed by atoms with Crippen molar-refractivity contribution >= 4 is 27.5 Å². The highest BCUT2D eigenvalue weighted by Gasteiger charge is 2.12. The maximum atomic E-state index is 13.2. The van der Waals surface area contributed by atoms with Gasteiger partial charge in [-0.15, -0.1) is 0 Å². The van der Waals surface area contributed by atoms with Crippen LogP contribution in [0.2, 0.25) is 5.02 Å². The van der Waals surface area contributed by atoms with E-state index in [0.717, 1.165) is 21.2 Å². The second kappa shape index (κ2) is 6.04. The molecule has 0 aromatic heterocycles. The second-order valence-electron chi connectivity index (χ2n) is 4.46. The number of hydrogen-bond acceptors (Lipinski definition) is 1. The van der Waals surface area contributed by atoms with Gasteiger partial charge in [-0.25, -0.2) is 4.39 Å². The SMILES string of the molecule is Cc1ccc(F)cc1CC(O)c1ccc(Cl)c(Br)c1. The molecule has 1 atom stereocenters. The van der Waals surface area contributed by atoms with E-state index in [0.29, 0.717) is 11.4 Å². The lowest BCUT2D eigenvalue weighted by molar-refractivity contribution is 0.178. The first-order valence-electron chi connectivity index (χ1n) is 5.85. The number of aliphatic hydroxyl groups is 1. The summed E-state index contributed by atoms with van der Waals surface area (Å²) in [7, 11) is 0. The highest BCUT2D eigenvalue weighted by Crippen LogP contribution is 2.28. The Morgan fingerprint density at radius 2 is 2.00 bits per heavy atom. The van der Waals surface area contributed by atoms with Crippen LogP contribution < -0.4 is 0 Å². The van der Waals surface area contributed by atoms with Crippen LogP contribution in [-0.2, 0) is 6.42 Å². The molecule has 0 saturated heterocycles. The molecule has 0 fully saturated rings. The molecule has 0 aliphatic rings. The Morgan fingerprint density at radius 3 is 2.68 bits per heavy atom. The lowest BCUT2D eigenvalue weighted by Gasteiger charge is -2.14. The fraction of sp³-hybridized carbons (Fsp3) is 0.200. The van der Waals surface area contributed by atoms with E-state index in [1.54, 1.807) is 24.3 Å². The maximum absolute atomic E-state index is 13.2. The van der Waals surface area contributed by atoms with Gasteiger partial charge in [0, 0.05) is 10.9 Å². The second-order valence-corrected chi connectivity index (χ2v) is 5.73. The monoisotopic (exact) mass is 342 g/mol. The molecule has 0 saturated carbocycles. The zero-order valence-electron chi connectivity index (χ0n) is 10.3. The fourth-order valence-corrected chi connectivity index (χ4v) is 2.42. The van der Waals surface area contributed by atoms with E-state index in [1.165, 1.54) is 12.1 Å². The molecule has 0 amide bonds. The average molecular weight is 344 g/mol. The lowest BCUT2D eigenvalue weighted by Crippen LogP contribution is -2.03. The zero-order valence-corrected chi connectivity index (χ0v) is 12.7. The van der Waals surface area contributed by atoms with Crippen molar-refractivity contribution in [1.29, 1.82) is 0 Å². The molecule has 0 bridgehead atoms. The van der Waals surface area contributed by atoms with Gasteiger partial charge in [0.1, 0.15) is 5.82 Å². The highest BCUT2D eigenvalue weighted by molar-refractivity contribution is 9.10. The van der Waals surface area contributed by atoms with E-state index in [1.807, 2.05) is 6.92 Å². The van der Waals surface area contributed by atoms with Crippen molar-refractivity contribution in [3.05, 3.63) is 68.4 Å². The van der Waals surface area contributed by atoms with Gasteiger partial charge in [-0.2, -0.15) is 0 Å². The summed E-state index contributed by atoms with van der Waals surface area (Å²) < 4.78 is 13.9. The Bertz CT molecular complexity index is 601. The predicted octanol–water partition coefficient (Wildman–Crippen LogP) is 4.83. The topological polar surface area (TPSA) is 20.2 Å². The van der Waals surface area contributed by atoms with Crippen molar-refractivity contribution in [2.24, 2.45) is 0 Å². The molecular formula is C15H13BrClFO. The summed E-state index contributed by atoms with van der Waals surface area (Å²) in [6.07, 6.45) is -0.313. The van der Waals surface area contributed by atoms with Crippen molar-refractivity contribution in [3.8, 4) is 0 Å². The molecule has 0 radical (unpaired) electrons. The Kier molecular flexibility index (Phi) is 4.61. The van der Waals surface area contributed by atoms with Crippen molar-refractivity contribution in [2.45, 2.75) is 19.4 Å². The normalized spacial score (nSPS) is 12.5. The smallest absolute Gasteiger partial charge is 0.123 e. The third-order valence-electron chi connectivity index (χ3n) is 3.05. The van der Waals surface area contributed by atoms with Crippen LogP contribution in [0.3, 0.4) is 0 Å². The quantitative estimate of drug-likeness (QED) is 0.846. The van der Waals surface area contributed by atoms with Crippen LogP contribution in [0.25, 0.3) is 0 Å². The van der Waals surface area contributed by atoms with Crippen LogP contribution in [-0.4, -0.2) is 5.11 Å². The first-order chi connectivity index (χ1) is 8.97. The van der Waals surface area contributed by atoms with Crippen LogP contribution in [0.1, 0.15) is 22.8 Å². The Labute approximate surface area is 125 Å². The largest absolute Gasteiger partial charge is 0.388 e. The van der Waals surface area contributed by atoms with Crippen LogP contribution in [0.5, 0.6) is 0 Å².